The minimum atomic E-state index is 0.346. The number of hydrogen-bond acceptors (Lipinski definition) is 4. The Morgan fingerprint density at radius 1 is 1.10 bits per heavy atom. The second-order valence-electron chi connectivity index (χ2n) is 6.97. The number of likely N-dealkylation sites (tertiary alicyclic amines) is 1. The number of rotatable bonds is 3. The molecule has 3 saturated heterocycles. The molecule has 0 saturated carbocycles. The Balaban J connectivity index is 1.52. The second-order valence-corrected chi connectivity index (χ2v) is 6.97. The zero-order chi connectivity index (χ0) is 14.7. The van der Waals surface area contributed by atoms with Gasteiger partial charge in [0.15, 0.2) is 0 Å². The number of nitrogens with zero attached hydrogens (tertiary/aromatic N) is 3. The highest BCUT2D eigenvalue weighted by molar-refractivity contribution is 5.78. The van der Waals surface area contributed by atoms with Crippen LogP contribution in [0.2, 0.25) is 0 Å². The van der Waals surface area contributed by atoms with Crippen LogP contribution in [0.25, 0.3) is 0 Å². The van der Waals surface area contributed by atoms with Crippen molar-refractivity contribution < 1.29 is 4.79 Å². The minimum Gasteiger partial charge on any atom is -0.339 e. The molecule has 5 heteroatoms. The van der Waals surface area contributed by atoms with Gasteiger partial charge in [-0.25, -0.2) is 0 Å². The van der Waals surface area contributed by atoms with Crippen LogP contribution in [0.4, 0.5) is 0 Å². The summed E-state index contributed by atoms with van der Waals surface area (Å²) in [7, 11) is 2.13. The van der Waals surface area contributed by atoms with Crippen LogP contribution in [0.15, 0.2) is 0 Å². The zero-order valence-electron chi connectivity index (χ0n) is 13.4. The van der Waals surface area contributed by atoms with Crippen molar-refractivity contribution in [3.05, 3.63) is 0 Å². The summed E-state index contributed by atoms with van der Waals surface area (Å²) in [5, 5.41) is 3.53. The number of carbonyl (C=O) groups excluding carboxylic acids is 1. The van der Waals surface area contributed by atoms with Crippen molar-refractivity contribution in [3.63, 3.8) is 0 Å². The van der Waals surface area contributed by atoms with Gasteiger partial charge in [0.1, 0.15) is 0 Å². The molecule has 1 N–H and O–H groups in total. The second kappa shape index (κ2) is 7.07. The fourth-order valence-electron chi connectivity index (χ4n) is 4.12. The van der Waals surface area contributed by atoms with Crippen LogP contribution in [0.5, 0.6) is 0 Å². The standard InChI is InChI=1S/C16H30N4O/c1-18-8-10-19(11-9-18)16(21)13-20-7-3-5-15(20)14-4-2-6-17-12-14/h14-15,17H,2-13H2,1H3. The number of likely N-dealkylation sites (N-methyl/N-ethyl adjacent to an activating group) is 1. The Labute approximate surface area is 128 Å². The first kappa shape index (κ1) is 15.3. The summed E-state index contributed by atoms with van der Waals surface area (Å²) in [6.07, 6.45) is 5.16. The van der Waals surface area contributed by atoms with Gasteiger partial charge in [0, 0.05) is 32.2 Å². The Hall–Kier alpha value is -0.650. The van der Waals surface area contributed by atoms with E-state index in [0.717, 1.165) is 45.2 Å². The van der Waals surface area contributed by atoms with Gasteiger partial charge in [-0.2, -0.15) is 0 Å². The summed E-state index contributed by atoms with van der Waals surface area (Å²) in [6.45, 7) is 7.90. The molecule has 0 aromatic carbocycles. The molecule has 2 atom stereocenters. The van der Waals surface area contributed by atoms with Gasteiger partial charge in [0.05, 0.1) is 6.54 Å². The van der Waals surface area contributed by atoms with E-state index < -0.39 is 0 Å². The summed E-state index contributed by atoms with van der Waals surface area (Å²) in [4.78, 5) is 19.4. The van der Waals surface area contributed by atoms with Crippen molar-refractivity contribution in [1.29, 1.82) is 0 Å². The Morgan fingerprint density at radius 3 is 2.62 bits per heavy atom. The molecular weight excluding hydrogens is 264 g/mol. The molecular formula is C16H30N4O. The lowest BCUT2D eigenvalue weighted by Gasteiger charge is -2.37. The lowest BCUT2D eigenvalue weighted by Crippen LogP contribution is -2.52. The van der Waals surface area contributed by atoms with Crippen molar-refractivity contribution in [3.8, 4) is 0 Å². The van der Waals surface area contributed by atoms with Gasteiger partial charge in [0.25, 0.3) is 0 Å². The number of hydrogen-bond donors (Lipinski definition) is 1. The molecule has 3 fully saturated rings. The molecule has 0 aromatic rings. The molecule has 1 amide bonds. The van der Waals surface area contributed by atoms with Gasteiger partial charge in [0.2, 0.25) is 5.91 Å². The summed E-state index contributed by atoms with van der Waals surface area (Å²) in [6, 6.07) is 0.634. The van der Waals surface area contributed by atoms with E-state index >= 15 is 0 Å². The van der Waals surface area contributed by atoms with Gasteiger partial charge < -0.3 is 15.1 Å². The van der Waals surface area contributed by atoms with Gasteiger partial charge in [-0.05, 0) is 58.3 Å². The smallest absolute Gasteiger partial charge is 0.236 e. The van der Waals surface area contributed by atoms with Crippen LogP contribution in [-0.2, 0) is 4.79 Å². The van der Waals surface area contributed by atoms with Crippen molar-refractivity contribution >= 4 is 5.91 Å². The van der Waals surface area contributed by atoms with Gasteiger partial charge in [-0.3, -0.25) is 9.69 Å². The third-order valence-electron chi connectivity index (χ3n) is 5.49. The minimum absolute atomic E-state index is 0.346. The fraction of sp³-hybridized carbons (Fsp3) is 0.938. The maximum Gasteiger partial charge on any atom is 0.236 e. The molecule has 120 valence electrons. The largest absolute Gasteiger partial charge is 0.339 e. The van der Waals surface area contributed by atoms with E-state index in [9.17, 15) is 4.79 Å². The van der Waals surface area contributed by atoms with Crippen molar-refractivity contribution in [1.82, 2.24) is 20.0 Å². The van der Waals surface area contributed by atoms with E-state index in [1.807, 2.05) is 0 Å². The first-order valence-corrected chi connectivity index (χ1v) is 8.65. The highest BCUT2D eigenvalue weighted by Gasteiger charge is 2.34. The third-order valence-corrected chi connectivity index (χ3v) is 5.49. The molecule has 3 aliphatic heterocycles. The molecule has 5 nitrogen and oxygen atoms in total. The molecule has 2 unspecified atom stereocenters. The van der Waals surface area contributed by atoms with Crippen LogP contribution in [0, 0.1) is 5.92 Å². The molecule has 3 heterocycles. The zero-order valence-corrected chi connectivity index (χ0v) is 13.4. The van der Waals surface area contributed by atoms with E-state index in [2.05, 4.69) is 27.1 Å². The Kier molecular flexibility index (Phi) is 5.14. The van der Waals surface area contributed by atoms with Crippen molar-refractivity contribution in [2.24, 2.45) is 5.92 Å². The van der Waals surface area contributed by atoms with Crippen LogP contribution in [-0.4, -0.2) is 86.1 Å². The Morgan fingerprint density at radius 2 is 1.90 bits per heavy atom. The number of piperidine rings is 1. The molecule has 0 aromatic heterocycles. The summed E-state index contributed by atoms with van der Waals surface area (Å²) < 4.78 is 0. The number of carbonyl (C=O) groups is 1. The molecule has 0 aliphatic carbocycles. The van der Waals surface area contributed by atoms with Crippen LogP contribution < -0.4 is 5.32 Å². The topological polar surface area (TPSA) is 38.8 Å². The maximum atomic E-state index is 12.5. The molecule has 0 radical (unpaired) electrons. The van der Waals surface area contributed by atoms with Crippen molar-refractivity contribution in [2.45, 2.75) is 31.7 Å². The molecule has 21 heavy (non-hydrogen) atoms. The normalized spacial score (nSPS) is 32.5. The number of piperazine rings is 1. The van der Waals surface area contributed by atoms with E-state index in [0.29, 0.717) is 18.5 Å². The highest BCUT2D eigenvalue weighted by atomic mass is 16.2. The average molecular weight is 294 g/mol. The third kappa shape index (κ3) is 3.76. The lowest BCUT2D eigenvalue weighted by atomic mass is 9.90. The predicted octanol–water partition coefficient (Wildman–Crippen LogP) is 0.224. The predicted molar refractivity (Wildman–Crippen MR) is 84.3 cm³/mol. The SMILES string of the molecule is CN1CCN(C(=O)CN2CCCC2C2CCCNC2)CC1. The average Bonchev–Trinajstić information content (AvgIpc) is 2.97. The van der Waals surface area contributed by atoms with E-state index in [1.165, 1.54) is 32.2 Å². The fourth-order valence-corrected chi connectivity index (χ4v) is 4.12. The molecule has 0 bridgehead atoms. The van der Waals surface area contributed by atoms with E-state index in [1.54, 1.807) is 0 Å². The summed E-state index contributed by atoms with van der Waals surface area (Å²) >= 11 is 0. The summed E-state index contributed by atoms with van der Waals surface area (Å²) in [5.41, 5.74) is 0. The van der Waals surface area contributed by atoms with Crippen LogP contribution >= 0.6 is 0 Å². The lowest BCUT2D eigenvalue weighted by molar-refractivity contribution is -0.134. The van der Waals surface area contributed by atoms with E-state index in [4.69, 9.17) is 0 Å². The quantitative estimate of drug-likeness (QED) is 0.808. The monoisotopic (exact) mass is 294 g/mol. The van der Waals surface area contributed by atoms with E-state index in [-0.39, 0.29) is 0 Å². The van der Waals surface area contributed by atoms with Gasteiger partial charge >= 0.3 is 0 Å². The van der Waals surface area contributed by atoms with Crippen LogP contribution in [0.1, 0.15) is 25.7 Å². The van der Waals surface area contributed by atoms with Crippen molar-refractivity contribution in [2.75, 3.05) is 59.4 Å². The summed E-state index contributed by atoms with van der Waals surface area (Å²) in [5.74, 6) is 1.10. The maximum absolute atomic E-state index is 12.5. The first-order chi connectivity index (χ1) is 10.2. The van der Waals surface area contributed by atoms with Gasteiger partial charge in [-0.15, -0.1) is 0 Å². The molecule has 3 rings (SSSR count). The molecule has 0 spiro atoms. The van der Waals surface area contributed by atoms with Gasteiger partial charge in [-0.1, -0.05) is 0 Å². The van der Waals surface area contributed by atoms with Crippen LogP contribution in [0.3, 0.4) is 0 Å². The highest BCUT2D eigenvalue weighted by Crippen LogP contribution is 2.28. The first-order valence-electron chi connectivity index (χ1n) is 8.65. The Bertz CT molecular complexity index is 348. The molecule has 3 aliphatic rings. The number of amides is 1. The number of nitrogens with one attached hydrogen (secondary N) is 1.